The normalized spacial score (nSPS) is 29.6. The summed E-state index contributed by atoms with van der Waals surface area (Å²) < 4.78 is 29.8. The topological polar surface area (TPSA) is 117 Å². The molecule has 1 radical (unpaired) electrons. The molecule has 0 amide bonds. The second-order valence-electron chi connectivity index (χ2n) is 12.9. The quantitative estimate of drug-likeness (QED) is 0.359. The number of carbonyl (C=O) groups is 1. The minimum absolute atomic E-state index is 0. The Labute approximate surface area is 309 Å². The molecule has 0 spiro atoms. The minimum Gasteiger partial charge on any atom is -0.507 e. The van der Waals surface area contributed by atoms with Crippen molar-refractivity contribution in [1.82, 2.24) is 14.7 Å². The monoisotopic (exact) mass is 863 g/mol. The molecule has 2 fully saturated rings. The van der Waals surface area contributed by atoms with Crippen molar-refractivity contribution < 1.29 is 77.6 Å². The number of nitrogens with zero attached hydrogens (tertiary/aromatic N) is 4. The van der Waals surface area contributed by atoms with Gasteiger partial charge in [0.2, 0.25) is 6.79 Å². The summed E-state index contributed by atoms with van der Waals surface area (Å²) in [5.41, 5.74) is 6.56. The van der Waals surface area contributed by atoms with E-state index in [4.69, 9.17) is 23.7 Å². The van der Waals surface area contributed by atoms with E-state index in [9.17, 15) is 15.2 Å². The van der Waals surface area contributed by atoms with Gasteiger partial charge in [-0.3, -0.25) is 19.5 Å². The summed E-state index contributed by atoms with van der Waals surface area (Å²) in [5, 5.41) is 22.6. The number of rotatable bonds is 4. The molecular weight excluding hydrogens is 823 g/mol. The predicted molar refractivity (Wildman–Crippen MR) is 167 cm³/mol. The Balaban J connectivity index is 0.00000372. The number of carbonyl (C=O) groups excluding carboxylic acids is 1. The summed E-state index contributed by atoms with van der Waals surface area (Å²) in [7, 11) is 7.47. The smallest absolute Gasteiger partial charge is 0.324 e. The number of ether oxygens (including phenoxy) is 5. The van der Waals surface area contributed by atoms with Crippen LogP contribution >= 0.6 is 11.8 Å². The molecule has 0 aliphatic carbocycles. The van der Waals surface area contributed by atoms with Crippen LogP contribution < -0.4 is 14.2 Å². The summed E-state index contributed by atoms with van der Waals surface area (Å²) in [6.45, 7) is 6.17. The number of hydrogen-bond donors (Lipinski definition) is 1. The summed E-state index contributed by atoms with van der Waals surface area (Å²) in [6.07, 6.45) is 0.658. The Bertz CT molecular complexity index is 1620. The third-order valence-electron chi connectivity index (χ3n) is 10.5. The number of thioether (sulfide) groups is 1. The van der Waals surface area contributed by atoms with E-state index in [1.54, 1.807) is 18.9 Å². The van der Waals surface area contributed by atoms with Crippen LogP contribution in [0.1, 0.15) is 56.3 Å². The molecule has 5 aliphatic rings. The zero-order chi connectivity index (χ0) is 31.9. The maximum Gasteiger partial charge on any atom is 0.324 e. The van der Waals surface area contributed by atoms with Gasteiger partial charge in [-0.25, -0.2) is 0 Å². The minimum atomic E-state index is -0.548. The third kappa shape index (κ3) is 4.97. The van der Waals surface area contributed by atoms with Crippen LogP contribution in [0.3, 0.4) is 0 Å². The van der Waals surface area contributed by atoms with Gasteiger partial charge in [0, 0.05) is 91.3 Å². The van der Waals surface area contributed by atoms with E-state index in [0.29, 0.717) is 29.2 Å². The molecule has 4 bridgehead atoms. The molecule has 1 unspecified atom stereocenters. The van der Waals surface area contributed by atoms with E-state index < -0.39 is 18.1 Å². The summed E-state index contributed by atoms with van der Waals surface area (Å²) in [6, 6.07) is 2.75. The van der Waals surface area contributed by atoms with Crippen molar-refractivity contribution in [3.05, 3.63) is 45.0 Å². The molecule has 2 aromatic carbocycles. The fraction of sp³-hybridized carbons (Fsp3) is 0.576. The van der Waals surface area contributed by atoms with Crippen LogP contribution in [0.4, 0.5) is 0 Å². The Morgan fingerprint density at radius 2 is 1.87 bits per heavy atom. The number of phenols is 1. The van der Waals surface area contributed by atoms with Gasteiger partial charge in [0.1, 0.15) is 30.2 Å². The fourth-order valence-electron chi connectivity index (χ4n) is 8.21. The molecular formula is C33H40AcN4O7S. The number of piperazine rings is 1. The first-order chi connectivity index (χ1) is 21.6. The van der Waals surface area contributed by atoms with Crippen molar-refractivity contribution in [2.75, 3.05) is 54.2 Å². The van der Waals surface area contributed by atoms with Crippen LogP contribution in [0.25, 0.3) is 0 Å². The molecule has 1 N–H and O–H groups in total. The number of benzene rings is 2. The Hall–Kier alpha value is -1.77. The number of methoxy groups -OCH3 is 1. The molecule has 13 heteroatoms. The van der Waals surface area contributed by atoms with Crippen molar-refractivity contribution >= 4 is 17.7 Å². The largest absolute Gasteiger partial charge is 0.507 e. The molecule has 11 nitrogen and oxygen atoms in total. The molecule has 2 saturated heterocycles. The summed E-state index contributed by atoms with van der Waals surface area (Å²) >= 11 is 1.62. The Morgan fingerprint density at radius 1 is 1.13 bits per heavy atom. The van der Waals surface area contributed by atoms with Crippen LogP contribution in [0.5, 0.6) is 23.0 Å². The van der Waals surface area contributed by atoms with Gasteiger partial charge in [0.15, 0.2) is 18.3 Å². The van der Waals surface area contributed by atoms with Crippen molar-refractivity contribution in [2.45, 2.75) is 68.7 Å². The molecule has 46 heavy (non-hydrogen) atoms. The van der Waals surface area contributed by atoms with Crippen LogP contribution in [0.15, 0.2) is 6.07 Å². The molecule has 2 aromatic rings. The molecule has 7 rings (SSSR count). The number of aryl methyl sites for hydroxylation is 1. The van der Waals surface area contributed by atoms with Gasteiger partial charge >= 0.3 is 5.97 Å². The maximum atomic E-state index is 13.5. The van der Waals surface area contributed by atoms with Crippen LogP contribution in [0, 0.1) is 76.2 Å². The zero-order valence-corrected chi connectivity index (χ0v) is 32.9. The first kappa shape index (κ1) is 34.1. The van der Waals surface area contributed by atoms with Crippen molar-refractivity contribution in [1.29, 1.82) is 5.26 Å². The third-order valence-corrected chi connectivity index (χ3v) is 11.9. The number of fused-ring (bicyclic) bond motifs is 9. The predicted octanol–water partition coefficient (Wildman–Crippen LogP) is 3.52. The van der Waals surface area contributed by atoms with E-state index in [1.807, 2.05) is 25.9 Å². The van der Waals surface area contributed by atoms with Gasteiger partial charge in [-0.15, -0.1) is 11.8 Å². The molecule has 0 saturated carbocycles. The first-order valence-corrected chi connectivity index (χ1v) is 16.4. The average Bonchev–Trinajstić information content (AvgIpc) is 3.50. The number of likely N-dealkylation sites (N-methyl/N-ethyl adjacent to an activating group) is 2. The summed E-state index contributed by atoms with van der Waals surface area (Å²) in [4.78, 5) is 19.9. The van der Waals surface area contributed by atoms with Crippen molar-refractivity contribution in [3.8, 4) is 29.1 Å². The van der Waals surface area contributed by atoms with Crippen molar-refractivity contribution in [3.63, 3.8) is 0 Å². The average molecular weight is 864 g/mol. The molecule has 0 aromatic heterocycles. The number of phenolic OH excluding ortho intramolecular Hbond substituents is 1. The van der Waals surface area contributed by atoms with Gasteiger partial charge < -0.3 is 28.8 Å². The Morgan fingerprint density at radius 3 is 2.57 bits per heavy atom. The van der Waals surface area contributed by atoms with E-state index in [0.717, 1.165) is 33.6 Å². The van der Waals surface area contributed by atoms with E-state index in [-0.39, 0.29) is 99.3 Å². The van der Waals surface area contributed by atoms with Gasteiger partial charge in [0.05, 0.1) is 23.4 Å². The van der Waals surface area contributed by atoms with E-state index in [1.165, 1.54) is 5.56 Å². The van der Waals surface area contributed by atoms with E-state index in [2.05, 4.69) is 42.8 Å². The van der Waals surface area contributed by atoms with Crippen LogP contribution in [0.2, 0.25) is 0 Å². The number of hydrogen-bond acceptors (Lipinski definition) is 12. The van der Waals surface area contributed by atoms with Gasteiger partial charge in [-0.1, -0.05) is 6.07 Å². The molecule has 5 aliphatic heterocycles. The van der Waals surface area contributed by atoms with Gasteiger partial charge in [-0.2, -0.15) is 5.26 Å². The molecule has 243 valence electrons. The maximum absolute atomic E-state index is 13.5. The Kier molecular flexibility index (Phi) is 9.58. The number of aromatic hydroxyl groups is 1. The molecule has 7 atom stereocenters. The van der Waals surface area contributed by atoms with E-state index >= 15 is 0 Å². The van der Waals surface area contributed by atoms with Crippen LogP contribution in [-0.2, 0) is 20.7 Å². The molecule has 5 heterocycles. The van der Waals surface area contributed by atoms with Gasteiger partial charge in [-0.05, 0) is 65.0 Å². The summed E-state index contributed by atoms with van der Waals surface area (Å²) in [5.74, 6) is 2.16. The SMILES string of the molecule is COCOc1c(C)c(C)cc2c1[C@@H]1C3[C@@H]4SC[C@H](N(C)C)C(=O)OC[C@@H](c5c6c(c(C)c(O)c54)OCO6)N3[C@@H](C#N)[C@H](C2)N1C.[Ac]. The second kappa shape index (κ2) is 12.9. The standard InChI is InChI=1S/C33H40N4O7S.Ac/c1-15-8-18-9-19-20(10-34)37-21-11-41-33(39)22(35(4)5)12-45-32(25-24(21)31-30(43-14-44-31)17(3)28(25)38)27(37)26(36(19)6)23(18)29(16(15)2)42-13-40-7;/h8,19-22,26-27,32,38H,9,11-14H2,1-7H3;/t19-,20-,21-,22-,26+,27?,32+;/m0./s1. The van der Waals surface area contributed by atoms with Crippen LogP contribution in [-0.4, -0.2) is 104 Å². The fourth-order valence-corrected chi connectivity index (χ4v) is 9.92. The van der Waals surface area contributed by atoms with Crippen molar-refractivity contribution in [2.24, 2.45) is 0 Å². The van der Waals surface area contributed by atoms with Gasteiger partial charge in [0.25, 0.3) is 0 Å². The second-order valence-corrected chi connectivity index (χ2v) is 14.1. The number of cyclic esters (lactones) is 1. The zero-order valence-electron chi connectivity index (χ0n) is 27.3. The number of esters is 1. The number of nitriles is 1. The first-order valence-electron chi connectivity index (χ1n) is 15.3.